The largest absolute Gasteiger partial charge is 0.336 e. The maximum atomic E-state index is 12.9. The molecule has 2 rings (SSSR count). The van der Waals surface area contributed by atoms with Crippen LogP contribution in [0, 0.1) is 5.82 Å². The lowest BCUT2D eigenvalue weighted by Gasteiger charge is -2.17. The predicted octanol–water partition coefficient (Wildman–Crippen LogP) is 4.16. The number of anilines is 1. The van der Waals surface area contributed by atoms with Crippen LogP contribution < -0.4 is 5.32 Å². The van der Waals surface area contributed by atoms with Gasteiger partial charge in [0.1, 0.15) is 5.82 Å². The summed E-state index contributed by atoms with van der Waals surface area (Å²) >= 11 is 12.0. The highest BCUT2D eigenvalue weighted by Crippen LogP contribution is 2.29. The fourth-order valence-electron chi connectivity index (χ4n) is 2.19. The highest BCUT2D eigenvalue weighted by atomic mass is 35.5. The van der Waals surface area contributed by atoms with Gasteiger partial charge < -0.3 is 10.2 Å². The van der Waals surface area contributed by atoms with Crippen molar-refractivity contribution in [1.29, 1.82) is 0 Å². The van der Waals surface area contributed by atoms with E-state index in [1.165, 1.54) is 17.0 Å². The molecule has 25 heavy (non-hydrogen) atoms. The zero-order valence-electron chi connectivity index (χ0n) is 13.6. The molecule has 2 aromatic rings. The van der Waals surface area contributed by atoms with Gasteiger partial charge in [-0.25, -0.2) is 4.39 Å². The van der Waals surface area contributed by atoms with Crippen LogP contribution >= 0.6 is 23.2 Å². The first kappa shape index (κ1) is 19.2. The van der Waals surface area contributed by atoms with Gasteiger partial charge in [-0.15, -0.1) is 0 Å². The van der Waals surface area contributed by atoms with Gasteiger partial charge in [-0.2, -0.15) is 0 Å². The van der Waals surface area contributed by atoms with Gasteiger partial charge in [0, 0.05) is 13.5 Å². The molecule has 0 aromatic heterocycles. The molecule has 0 radical (unpaired) electrons. The lowest BCUT2D eigenvalue weighted by Crippen LogP contribution is -2.35. The number of carbonyl (C=O) groups is 2. The Bertz CT molecular complexity index is 746. The Morgan fingerprint density at radius 1 is 1.08 bits per heavy atom. The number of aryl methyl sites for hydroxylation is 1. The zero-order valence-corrected chi connectivity index (χ0v) is 15.1. The fraction of sp³-hybridized carbons (Fsp3) is 0.222. The summed E-state index contributed by atoms with van der Waals surface area (Å²) in [5.74, 6) is -0.903. The van der Waals surface area contributed by atoms with Gasteiger partial charge in [-0.1, -0.05) is 41.4 Å². The Morgan fingerprint density at radius 2 is 1.68 bits per heavy atom. The van der Waals surface area contributed by atoms with Crippen LogP contribution in [0.3, 0.4) is 0 Å². The van der Waals surface area contributed by atoms with Gasteiger partial charge in [0.2, 0.25) is 11.8 Å². The van der Waals surface area contributed by atoms with Crippen LogP contribution in [0.25, 0.3) is 0 Å². The summed E-state index contributed by atoms with van der Waals surface area (Å²) in [5, 5.41) is 3.26. The van der Waals surface area contributed by atoms with Crippen molar-refractivity contribution in [2.75, 3.05) is 18.9 Å². The van der Waals surface area contributed by atoms with Gasteiger partial charge in [-0.3, -0.25) is 9.59 Å². The Labute approximate surface area is 155 Å². The van der Waals surface area contributed by atoms with E-state index in [0.29, 0.717) is 22.2 Å². The highest BCUT2D eigenvalue weighted by molar-refractivity contribution is 6.39. The van der Waals surface area contributed by atoms with Gasteiger partial charge in [-0.05, 0) is 36.2 Å². The third-order valence-electron chi connectivity index (χ3n) is 3.57. The summed E-state index contributed by atoms with van der Waals surface area (Å²) in [6.07, 6.45) is 0.698. The highest BCUT2D eigenvalue weighted by Gasteiger charge is 2.15. The molecule has 0 fully saturated rings. The molecule has 0 bridgehead atoms. The summed E-state index contributed by atoms with van der Waals surface area (Å²) in [4.78, 5) is 25.5. The van der Waals surface area contributed by atoms with E-state index in [1.54, 1.807) is 37.4 Å². The second-order valence-electron chi connectivity index (χ2n) is 5.52. The van der Waals surface area contributed by atoms with E-state index in [4.69, 9.17) is 23.2 Å². The van der Waals surface area contributed by atoms with Crippen LogP contribution in [0.5, 0.6) is 0 Å². The third kappa shape index (κ3) is 5.73. The van der Waals surface area contributed by atoms with Crippen molar-refractivity contribution in [3.63, 3.8) is 0 Å². The smallest absolute Gasteiger partial charge is 0.244 e. The quantitative estimate of drug-likeness (QED) is 0.814. The molecule has 0 aliphatic heterocycles. The van der Waals surface area contributed by atoms with Crippen molar-refractivity contribution < 1.29 is 14.0 Å². The number of nitrogens with zero attached hydrogens (tertiary/aromatic N) is 1. The first-order valence-electron chi connectivity index (χ1n) is 7.59. The summed E-state index contributed by atoms with van der Waals surface area (Å²) in [6, 6.07) is 10.9. The van der Waals surface area contributed by atoms with E-state index >= 15 is 0 Å². The number of halogens is 3. The first-order valence-corrected chi connectivity index (χ1v) is 8.34. The molecule has 0 saturated carbocycles. The lowest BCUT2D eigenvalue weighted by atomic mass is 10.1. The summed E-state index contributed by atoms with van der Waals surface area (Å²) < 4.78 is 12.9. The number of para-hydroxylation sites is 1. The van der Waals surface area contributed by atoms with Gasteiger partial charge in [0.25, 0.3) is 0 Å². The van der Waals surface area contributed by atoms with Gasteiger partial charge >= 0.3 is 0 Å². The Kier molecular flexibility index (Phi) is 6.79. The zero-order chi connectivity index (χ0) is 18.4. The topological polar surface area (TPSA) is 49.4 Å². The van der Waals surface area contributed by atoms with E-state index in [2.05, 4.69) is 5.32 Å². The third-order valence-corrected chi connectivity index (χ3v) is 4.20. The van der Waals surface area contributed by atoms with Crippen molar-refractivity contribution in [3.05, 3.63) is 63.9 Å². The van der Waals surface area contributed by atoms with E-state index < -0.39 is 5.91 Å². The number of carbonyl (C=O) groups excluding carboxylic acids is 2. The molecule has 0 unspecified atom stereocenters. The number of likely N-dealkylation sites (N-methyl/N-ethyl adjacent to an activating group) is 1. The molecule has 132 valence electrons. The molecular formula is C18H17Cl2FN2O2. The maximum Gasteiger partial charge on any atom is 0.244 e. The number of hydrogen-bond donors (Lipinski definition) is 1. The number of benzene rings is 2. The standard InChI is InChI=1S/C18H17Cl2FN2O2/c1-23(17(25)10-7-12-5-8-13(21)9-6-12)11-16(24)22-18-14(19)3-2-4-15(18)20/h2-6,8-9H,7,10-11H2,1H3,(H,22,24). The molecule has 0 atom stereocenters. The van der Waals surface area contributed by atoms with Crippen LogP contribution in [0.1, 0.15) is 12.0 Å². The minimum absolute atomic E-state index is 0.121. The van der Waals surface area contributed by atoms with Crippen LogP contribution in [0.2, 0.25) is 10.0 Å². The SMILES string of the molecule is CN(CC(=O)Nc1c(Cl)cccc1Cl)C(=O)CCc1ccc(F)cc1. The number of rotatable bonds is 6. The molecule has 4 nitrogen and oxygen atoms in total. The van der Waals surface area contributed by atoms with Gasteiger partial charge in [0.15, 0.2) is 0 Å². The summed E-state index contributed by atoms with van der Waals surface area (Å²) in [7, 11) is 1.54. The Morgan fingerprint density at radius 3 is 2.28 bits per heavy atom. The molecule has 2 amide bonds. The molecule has 0 heterocycles. The molecule has 0 saturated heterocycles. The molecule has 1 N–H and O–H groups in total. The number of amides is 2. The second kappa shape index (κ2) is 8.83. The predicted molar refractivity (Wildman–Crippen MR) is 97.4 cm³/mol. The van der Waals surface area contributed by atoms with E-state index in [1.807, 2.05) is 0 Å². The van der Waals surface area contributed by atoms with Crippen molar-refractivity contribution in [3.8, 4) is 0 Å². The molecular weight excluding hydrogens is 366 g/mol. The molecule has 2 aromatic carbocycles. The second-order valence-corrected chi connectivity index (χ2v) is 6.34. The molecule has 0 aliphatic carbocycles. The van der Waals surface area contributed by atoms with E-state index in [9.17, 15) is 14.0 Å². The number of nitrogens with one attached hydrogen (secondary N) is 1. The minimum Gasteiger partial charge on any atom is -0.336 e. The van der Waals surface area contributed by atoms with Crippen LogP contribution in [0.4, 0.5) is 10.1 Å². The average molecular weight is 383 g/mol. The normalized spacial score (nSPS) is 10.4. The average Bonchev–Trinajstić information content (AvgIpc) is 2.57. The van der Waals surface area contributed by atoms with Crippen LogP contribution in [0.15, 0.2) is 42.5 Å². The van der Waals surface area contributed by atoms with Crippen molar-refractivity contribution >= 4 is 40.7 Å². The summed E-state index contributed by atoms with van der Waals surface area (Å²) in [5.41, 5.74) is 1.18. The first-order chi connectivity index (χ1) is 11.9. The van der Waals surface area contributed by atoms with Crippen molar-refractivity contribution in [2.45, 2.75) is 12.8 Å². The van der Waals surface area contributed by atoms with Crippen LogP contribution in [-0.4, -0.2) is 30.3 Å². The minimum atomic E-state index is -0.396. The van der Waals surface area contributed by atoms with Crippen molar-refractivity contribution in [2.24, 2.45) is 0 Å². The van der Waals surface area contributed by atoms with E-state index in [0.717, 1.165) is 5.56 Å². The van der Waals surface area contributed by atoms with Gasteiger partial charge in [0.05, 0.1) is 22.3 Å². The lowest BCUT2D eigenvalue weighted by molar-refractivity contribution is -0.133. The van der Waals surface area contributed by atoms with E-state index in [-0.39, 0.29) is 24.7 Å². The number of hydrogen-bond acceptors (Lipinski definition) is 2. The molecule has 7 heteroatoms. The van der Waals surface area contributed by atoms with Crippen LogP contribution in [-0.2, 0) is 16.0 Å². The summed E-state index contributed by atoms with van der Waals surface area (Å²) in [6.45, 7) is -0.121. The monoisotopic (exact) mass is 382 g/mol. The maximum absolute atomic E-state index is 12.9. The Hall–Kier alpha value is -2.11. The van der Waals surface area contributed by atoms with Crippen molar-refractivity contribution in [1.82, 2.24) is 4.90 Å². The Balaban J connectivity index is 1.85. The molecule has 0 aliphatic rings. The fourth-order valence-corrected chi connectivity index (χ4v) is 2.68. The molecule has 0 spiro atoms.